The van der Waals surface area contributed by atoms with Crippen molar-refractivity contribution >= 4 is 21.4 Å². The van der Waals surface area contributed by atoms with Crippen molar-refractivity contribution in [3.8, 4) is 0 Å². The number of nitrogens with one attached hydrogen (secondary N) is 2. The second-order valence-electron chi connectivity index (χ2n) is 4.31. The highest BCUT2D eigenvalue weighted by molar-refractivity contribution is 7.91. The lowest BCUT2D eigenvalue weighted by Gasteiger charge is -2.04. The molecule has 5 nitrogen and oxygen atoms in total. The molecule has 2 aromatic heterocycles. The minimum Gasteiger partial charge on any atom is -0.316 e. The van der Waals surface area contributed by atoms with Crippen LogP contribution in [0.4, 0.5) is 0 Å². The summed E-state index contributed by atoms with van der Waals surface area (Å²) in [5.74, 6) is 0. The first-order valence-corrected chi connectivity index (χ1v) is 8.58. The van der Waals surface area contributed by atoms with Crippen molar-refractivity contribution in [3.05, 3.63) is 47.1 Å². The van der Waals surface area contributed by atoms with Crippen molar-refractivity contribution in [2.75, 3.05) is 13.6 Å². The molecule has 2 rings (SSSR count). The van der Waals surface area contributed by atoms with Gasteiger partial charge in [0.2, 0.25) is 10.0 Å². The van der Waals surface area contributed by atoms with E-state index in [-0.39, 0.29) is 0 Å². The summed E-state index contributed by atoms with van der Waals surface area (Å²) in [5, 5.41) is 4.85. The smallest absolute Gasteiger partial charge is 0.250 e. The number of thiophene rings is 1. The number of aromatic nitrogens is 1. The quantitative estimate of drug-likeness (QED) is 0.810. The second kappa shape index (κ2) is 6.94. The van der Waals surface area contributed by atoms with Gasteiger partial charge in [-0.3, -0.25) is 4.98 Å². The van der Waals surface area contributed by atoms with E-state index < -0.39 is 10.0 Å². The molecule has 108 valence electrons. The Morgan fingerprint density at radius 2 is 2.20 bits per heavy atom. The highest BCUT2D eigenvalue weighted by Gasteiger charge is 2.15. The Bertz CT molecular complexity index is 639. The summed E-state index contributed by atoms with van der Waals surface area (Å²) in [7, 11) is -1.58. The third-order valence-corrected chi connectivity index (χ3v) is 5.65. The zero-order chi connectivity index (χ0) is 14.4. The Kier molecular flexibility index (Phi) is 5.24. The predicted octanol–water partition coefficient (Wildman–Crippen LogP) is 1.38. The number of pyridine rings is 1. The fourth-order valence-electron chi connectivity index (χ4n) is 1.74. The molecule has 7 heteroatoms. The second-order valence-corrected chi connectivity index (χ2v) is 7.22. The summed E-state index contributed by atoms with van der Waals surface area (Å²) in [6.07, 6.45) is 4.06. The van der Waals surface area contributed by atoms with E-state index in [0.717, 1.165) is 11.1 Å². The highest BCUT2D eigenvalue weighted by Crippen LogP contribution is 2.19. The van der Waals surface area contributed by atoms with Crippen molar-refractivity contribution in [1.29, 1.82) is 0 Å². The topological polar surface area (TPSA) is 71.1 Å². The van der Waals surface area contributed by atoms with E-state index in [1.165, 1.54) is 11.3 Å². The highest BCUT2D eigenvalue weighted by atomic mass is 32.2. The molecule has 0 aromatic carbocycles. The lowest BCUT2D eigenvalue weighted by atomic mass is 10.2. The molecule has 2 N–H and O–H groups in total. The van der Waals surface area contributed by atoms with Crippen molar-refractivity contribution in [1.82, 2.24) is 15.0 Å². The van der Waals surface area contributed by atoms with Crippen molar-refractivity contribution in [2.45, 2.75) is 17.2 Å². The predicted molar refractivity (Wildman–Crippen MR) is 80.2 cm³/mol. The van der Waals surface area contributed by atoms with Gasteiger partial charge in [-0.15, -0.1) is 11.3 Å². The molecular formula is C13H17N3O2S2. The zero-order valence-corrected chi connectivity index (χ0v) is 12.8. The van der Waals surface area contributed by atoms with Gasteiger partial charge < -0.3 is 5.32 Å². The van der Waals surface area contributed by atoms with Gasteiger partial charge >= 0.3 is 0 Å². The Morgan fingerprint density at radius 1 is 1.35 bits per heavy atom. The third-order valence-electron chi connectivity index (χ3n) is 2.70. The summed E-state index contributed by atoms with van der Waals surface area (Å²) in [5.41, 5.74) is 1.99. The Labute approximate surface area is 123 Å². The summed E-state index contributed by atoms with van der Waals surface area (Å²) < 4.78 is 27.2. The van der Waals surface area contributed by atoms with Crippen LogP contribution in [-0.4, -0.2) is 27.0 Å². The molecule has 0 saturated heterocycles. The molecule has 0 spiro atoms. The van der Waals surface area contributed by atoms with Gasteiger partial charge in [-0.25, -0.2) is 13.1 Å². The van der Waals surface area contributed by atoms with Crippen molar-refractivity contribution < 1.29 is 8.42 Å². The fourth-order valence-corrected chi connectivity index (χ4v) is 4.02. The lowest BCUT2D eigenvalue weighted by Crippen LogP contribution is -2.25. The maximum atomic E-state index is 12.1. The van der Waals surface area contributed by atoms with E-state index >= 15 is 0 Å². The average molecular weight is 311 g/mol. The summed E-state index contributed by atoms with van der Waals surface area (Å²) in [6, 6.07) is 5.47. The van der Waals surface area contributed by atoms with Crippen LogP contribution in [0.25, 0.3) is 0 Å². The van der Waals surface area contributed by atoms with Crippen LogP contribution < -0.4 is 10.0 Å². The van der Waals surface area contributed by atoms with Gasteiger partial charge in [0.25, 0.3) is 0 Å². The first kappa shape index (κ1) is 15.1. The normalized spacial score (nSPS) is 11.7. The van der Waals surface area contributed by atoms with Crippen LogP contribution in [-0.2, 0) is 23.0 Å². The van der Waals surface area contributed by atoms with Gasteiger partial charge in [0.15, 0.2) is 0 Å². The number of rotatable bonds is 7. The van der Waals surface area contributed by atoms with Crippen LogP contribution in [0.15, 0.2) is 40.2 Å². The number of sulfonamides is 1. The van der Waals surface area contributed by atoms with Crippen LogP contribution in [0.3, 0.4) is 0 Å². The molecule has 0 aliphatic rings. The van der Waals surface area contributed by atoms with Gasteiger partial charge in [-0.05, 0) is 42.1 Å². The van der Waals surface area contributed by atoms with Gasteiger partial charge in [0, 0.05) is 25.5 Å². The van der Waals surface area contributed by atoms with E-state index in [9.17, 15) is 8.42 Å². The molecule has 0 aliphatic carbocycles. The standard InChI is InChI=1S/C13H17N3O2S2/c1-14-8-12-7-13(19-10-12)20(17,18)16-6-4-11-3-2-5-15-9-11/h2-3,5,7,9-10,14,16H,4,6,8H2,1H3. The molecule has 20 heavy (non-hydrogen) atoms. The first-order valence-electron chi connectivity index (χ1n) is 6.22. The minimum absolute atomic E-state index is 0.355. The molecule has 0 radical (unpaired) electrons. The maximum absolute atomic E-state index is 12.1. The first-order chi connectivity index (χ1) is 9.62. The van der Waals surface area contributed by atoms with Crippen molar-refractivity contribution in [3.63, 3.8) is 0 Å². The van der Waals surface area contributed by atoms with E-state index in [1.807, 2.05) is 24.6 Å². The molecular weight excluding hydrogens is 294 g/mol. The van der Waals surface area contributed by atoms with Gasteiger partial charge in [0.05, 0.1) is 0 Å². The van der Waals surface area contributed by atoms with Crippen LogP contribution in [0.1, 0.15) is 11.1 Å². The molecule has 2 heterocycles. The summed E-state index contributed by atoms with van der Waals surface area (Å²) in [6.45, 7) is 1.04. The summed E-state index contributed by atoms with van der Waals surface area (Å²) >= 11 is 1.24. The fraction of sp³-hybridized carbons (Fsp3) is 0.308. The van der Waals surface area contributed by atoms with Crippen LogP contribution in [0.2, 0.25) is 0 Å². The number of hydrogen-bond acceptors (Lipinski definition) is 5. The Hall–Kier alpha value is -1.28. The molecule has 0 saturated carbocycles. The van der Waals surface area contributed by atoms with E-state index in [4.69, 9.17) is 0 Å². The number of nitrogens with zero attached hydrogens (tertiary/aromatic N) is 1. The van der Waals surface area contributed by atoms with E-state index in [1.54, 1.807) is 18.5 Å². The molecule has 0 bridgehead atoms. The molecule has 0 atom stereocenters. The molecule has 0 fully saturated rings. The maximum Gasteiger partial charge on any atom is 0.250 e. The Balaban J connectivity index is 1.93. The molecule has 0 unspecified atom stereocenters. The van der Waals surface area contributed by atoms with E-state index in [0.29, 0.717) is 23.7 Å². The average Bonchev–Trinajstić information content (AvgIpc) is 2.90. The van der Waals surface area contributed by atoms with Gasteiger partial charge in [-0.2, -0.15) is 0 Å². The minimum atomic E-state index is -3.41. The van der Waals surface area contributed by atoms with Gasteiger partial charge in [-0.1, -0.05) is 6.07 Å². The Morgan fingerprint density at radius 3 is 2.90 bits per heavy atom. The van der Waals surface area contributed by atoms with Crippen molar-refractivity contribution in [2.24, 2.45) is 0 Å². The largest absolute Gasteiger partial charge is 0.316 e. The molecule has 2 aromatic rings. The molecule has 0 amide bonds. The van der Waals surface area contributed by atoms with Crippen LogP contribution >= 0.6 is 11.3 Å². The third kappa shape index (κ3) is 4.11. The van der Waals surface area contributed by atoms with Crippen LogP contribution in [0, 0.1) is 0 Å². The lowest BCUT2D eigenvalue weighted by molar-refractivity contribution is 0.583. The SMILES string of the molecule is CNCc1csc(S(=O)(=O)NCCc2cccnc2)c1. The van der Waals surface area contributed by atoms with Gasteiger partial charge in [0.1, 0.15) is 4.21 Å². The monoisotopic (exact) mass is 311 g/mol. The van der Waals surface area contributed by atoms with E-state index in [2.05, 4.69) is 15.0 Å². The number of hydrogen-bond donors (Lipinski definition) is 2. The molecule has 0 aliphatic heterocycles. The zero-order valence-electron chi connectivity index (χ0n) is 11.2. The summed E-state index contributed by atoms with van der Waals surface area (Å²) in [4.78, 5) is 4.00. The van der Waals surface area contributed by atoms with Crippen LogP contribution in [0.5, 0.6) is 0 Å².